The van der Waals surface area contributed by atoms with Gasteiger partial charge in [-0.05, 0) is 11.1 Å². The van der Waals surface area contributed by atoms with Gasteiger partial charge in [0.2, 0.25) is 6.71 Å². The molecule has 1 heteroatoms. The van der Waals surface area contributed by atoms with Crippen molar-refractivity contribution in [1.29, 1.82) is 0 Å². The second kappa shape index (κ2) is 6.37. The van der Waals surface area contributed by atoms with Crippen molar-refractivity contribution in [2.45, 2.75) is 5.31 Å². The van der Waals surface area contributed by atoms with Crippen LogP contribution >= 0.6 is 0 Å². The lowest BCUT2D eigenvalue weighted by atomic mass is 9.26. The first-order chi connectivity index (χ1) is 11.9. The summed E-state index contributed by atoms with van der Waals surface area (Å²) in [7, 11) is 0. The van der Waals surface area contributed by atoms with Gasteiger partial charge in [0.25, 0.3) is 0 Å². The van der Waals surface area contributed by atoms with Crippen LogP contribution in [0.25, 0.3) is 0 Å². The third kappa shape index (κ3) is 2.43. The molecule has 3 aromatic rings. The summed E-state index contributed by atoms with van der Waals surface area (Å²) in [6, 6.07) is 32.5. The van der Waals surface area contributed by atoms with E-state index in [0.29, 0.717) is 0 Å². The van der Waals surface area contributed by atoms with Crippen molar-refractivity contribution in [3.8, 4) is 0 Å². The first kappa shape index (κ1) is 14.8. The smallest absolute Gasteiger partial charge is 0.109 e. The number of rotatable bonds is 3. The standard InChI is InChI=1S/C23H19B/c1-4-12-20(13-5-1)23(21-14-6-2-7-15-21)18-10-11-19-24(23)22-16-8-3-9-17-22/h1-19H. The highest BCUT2D eigenvalue weighted by Gasteiger charge is 2.42. The van der Waals surface area contributed by atoms with E-state index in [-0.39, 0.29) is 12.0 Å². The van der Waals surface area contributed by atoms with Gasteiger partial charge in [-0.1, -0.05) is 115 Å². The molecule has 24 heavy (non-hydrogen) atoms. The van der Waals surface area contributed by atoms with Crippen molar-refractivity contribution in [2.75, 3.05) is 0 Å². The largest absolute Gasteiger partial charge is 0.221 e. The molecule has 1 aliphatic heterocycles. The molecule has 0 nitrogen and oxygen atoms in total. The monoisotopic (exact) mass is 306 g/mol. The first-order valence-corrected chi connectivity index (χ1v) is 8.43. The minimum absolute atomic E-state index is 0.182. The second-order valence-corrected chi connectivity index (χ2v) is 6.23. The Morgan fingerprint density at radius 2 is 1.04 bits per heavy atom. The summed E-state index contributed by atoms with van der Waals surface area (Å²) in [6.07, 6.45) is 6.70. The third-order valence-electron chi connectivity index (χ3n) is 4.93. The van der Waals surface area contributed by atoms with E-state index in [9.17, 15) is 0 Å². The molecule has 0 saturated carbocycles. The fourth-order valence-corrected chi connectivity index (χ4v) is 3.82. The summed E-state index contributed by atoms with van der Waals surface area (Å²) in [5.74, 6) is 2.33. The van der Waals surface area contributed by atoms with Crippen LogP contribution in [0.1, 0.15) is 11.1 Å². The molecule has 4 rings (SSSR count). The van der Waals surface area contributed by atoms with Gasteiger partial charge in [0.05, 0.1) is 0 Å². The Morgan fingerprint density at radius 1 is 0.542 bits per heavy atom. The Hall–Kier alpha value is -2.80. The van der Waals surface area contributed by atoms with Crippen LogP contribution < -0.4 is 5.46 Å². The highest BCUT2D eigenvalue weighted by Crippen LogP contribution is 2.38. The molecule has 3 aromatic carbocycles. The lowest BCUT2D eigenvalue weighted by Crippen LogP contribution is -2.50. The number of hydrogen-bond donors (Lipinski definition) is 0. The molecule has 0 amide bonds. The molecule has 0 N–H and O–H groups in total. The van der Waals surface area contributed by atoms with Crippen molar-refractivity contribution in [2.24, 2.45) is 0 Å². The van der Waals surface area contributed by atoms with Crippen LogP contribution in [0.15, 0.2) is 115 Å². The molecule has 0 aliphatic carbocycles. The quantitative estimate of drug-likeness (QED) is 0.621. The molecule has 0 radical (unpaired) electrons. The Balaban J connectivity index is 1.98. The minimum atomic E-state index is -0.182. The van der Waals surface area contributed by atoms with Crippen molar-refractivity contribution in [3.05, 3.63) is 126 Å². The maximum atomic E-state index is 2.36. The molecule has 0 atom stereocenters. The summed E-state index contributed by atoms with van der Waals surface area (Å²) in [5.41, 5.74) is 3.99. The van der Waals surface area contributed by atoms with Gasteiger partial charge in [-0.3, -0.25) is 0 Å². The van der Waals surface area contributed by atoms with E-state index < -0.39 is 0 Å². The summed E-state index contributed by atoms with van der Waals surface area (Å²) >= 11 is 0. The Morgan fingerprint density at radius 3 is 1.58 bits per heavy atom. The van der Waals surface area contributed by atoms with E-state index in [1.165, 1.54) is 16.6 Å². The topological polar surface area (TPSA) is 0 Å². The zero-order valence-corrected chi connectivity index (χ0v) is 13.5. The van der Waals surface area contributed by atoms with Gasteiger partial charge in [-0.15, -0.1) is 5.98 Å². The lowest BCUT2D eigenvalue weighted by molar-refractivity contribution is 0.896. The molecule has 0 spiro atoms. The molecular formula is C23H19B. The molecule has 0 unspecified atom stereocenters. The Labute approximate surface area is 144 Å². The molecular weight excluding hydrogens is 287 g/mol. The average Bonchev–Trinajstić information content (AvgIpc) is 2.70. The molecule has 0 fully saturated rings. The summed E-state index contributed by atoms with van der Waals surface area (Å²) in [5, 5.41) is -0.182. The summed E-state index contributed by atoms with van der Waals surface area (Å²) in [6.45, 7) is 0.272. The predicted molar refractivity (Wildman–Crippen MR) is 104 cm³/mol. The highest BCUT2D eigenvalue weighted by atomic mass is 14.3. The van der Waals surface area contributed by atoms with E-state index in [0.717, 1.165) is 0 Å². The SMILES string of the molecule is C1=CB(c2ccccc2)C(c2ccccc2)(c2ccccc2)C=C1. The van der Waals surface area contributed by atoms with Crippen molar-refractivity contribution in [1.82, 2.24) is 0 Å². The van der Waals surface area contributed by atoms with Crippen molar-refractivity contribution < 1.29 is 0 Å². The van der Waals surface area contributed by atoms with E-state index in [1.807, 2.05) is 0 Å². The Bertz CT molecular complexity index is 809. The zero-order valence-electron chi connectivity index (χ0n) is 13.5. The molecule has 0 aromatic heterocycles. The third-order valence-corrected chi connectivity index (χ3v) is 4.93. The summed E-state index contributed by atoms with van der Waals surface area (Å²) < 4.78 is 0. The normalized spacial score (nSPS) is 15.4. The van der Waals surface area contributed by atoms with Crippen LogP contribution in [0.2, 0.25) is 0 Å². The van der Waals surface area contributed by atoms with Crippen LogP contribution in [-0.2, 0) is 5.31 Å². The molecule has 1 aliphatic rings. The van der Waals surface area contributed by atoms with Crippen LogP contribution in [0, 0.1) is 0 Å². The van der Waals surface area contributed by atoms with Gasteiger partial charge >= 0.3 is 0 Å². The van der Waals surface area contributed by atoms with Crippen molar-refractivity contribution >= 4 is 12.2 Å². The van der Waals surface area contributed by atoms with Gasteiger partial charge in [0, 0.05) is 5.31 Å². The van der Waals surface area contributed by atoms with Crippen LogP contribution in [0.4, 0.5) is 0 Å². The number of allylic oxidation sites excluding steroid dienone is 3. The van der Waals surface area contributed by atoms with Gasteiger partial charge in [-0.2, -0.15) is 0 Å². The van der Waals surface area contributed by atoms with Gasteiger partial charge in [-0.25, -0.2) is 0 Å². The maximum absolute atomic E-state index is 2.36. The Kier molecular flexibility index (Phi) is 3.92. The number of benzene rings is 3. The maximum Gasteiger partial charge on any atom is 0.221 e. The van der Waals surface area contributed by atoms with E-state index in [4.69, 9.17) is 0 Å². The molecule has 114 valence electrons. The van der Waals surface area contributed by atoms with E-state index in [1.54, 1.807) is 0 Å². The predicted octanol–water partition coefficient (Wildman–Crippen LogP) is 4.58. The lowest BCUT2D eigenvalue weighted by Gasteiger charge is -2.38. The summed E-state index contributed by atoms with van der Waals surface area (Å²) in [4.78, 5) is 0. The fraction of sp³-hybridized carbons (Fsp3) is 0.0435. The fourth-order valence-electron chi connectivity index (χ4n) is 3.82. The minimum Gasteiger partial charge on any atom is -0.109 e. The first-order valence-electron chi connectivity index (χ1n) is 8.43. The average molecular weight is 306 g/mol. The van der Waals surface area contributed by atoms with Gasteiger partial charge in [0.1, 0.15) is 0 Å². The van der Waals surface area contributed by atoms with Crippen LogP contribution in [0.5, 0.6) is 0 Å². The van der Waals surface area contributed by atoms with Crippen molar-refractivity contribution in [3.63, 3.8) is 0 Å². The van der Waals surface area contributed by atoms with E-state index in [2.05, 4.69) is 115 Å². The van der Waals surface area contributed by atoms with Crippen LogP contribution in [0.3, 0.4) is 0 Å². The van der Waals surface area contributed by atoms with Gasteiger partial charge in [0.15, 0.2) is 0 Å². The highest BCUT2D eigenvalue weighted by molar-refractivity contribution is 6.81. The second-order valence-electron chi connectivity index (χ2n) is 6.23. The molecule has 0 bridgehead atoms. The van der Waals surface area contributed by atoms with Gasteiger partial charge < -0.3 is 0 Å². The molecule has 0 saturated heterocycles. The zero-order chi connectivity index (χ0) is 16.2. The van der Waals surface area contributed by atoms with E-state index >= 15 is 0 Å². The molecule has 1 heterocycles. The number of hydrogen-bond acceptors (Lipinski definition) is 0. The van der Waals surface area contributed by atoms with Crippen LogP contribution in [-0.4, -0.2) is 6.71 Å².